The van der Waals surface area contributed by atoms with Crippen LogP contribution in [0.2, 0.25) is 0 Å². The van der Waals surface area contributed by atoms with Gasteiger partial charge in [0.2, 0.25) is 24.1 Å². The topological polar surface area (TPSA) is 154 Å². The Hall–Kier alpha value is -3.08. The molecule has 0 unspecified atom stereocenters. The van der Waals surface area contributed by atoms with Gasteiger partial charge in [-0.3, -0.25) is 24.0 Å². The van der Waals surface area contributed by atoms with Crippen molar-refractivity contribution in [3.05, 3.63) is 35.9 Å². The number of aliphatic carboxylic acids is 1. The summed E-state index contributed by atoms with van der Waals surface area (Å²) in [5.41, 5.74) is 0.773. The Labute approximate surface area is 204 Å². The number of benzene rings is 1. The molecule has 0 aliphatic rings. The molecule has 188 valence electrons. The molecule has 0 saturated heterocycles. The minimum absolute atomic E-state index is 0.0492. The van der Waals surface area contributed by atoms with Gasteiger partial charge in [0.15, 0.2) is 0 Å². The Balaban J connectivity index is 3.02. The van der Waals surface area contributed by atoms with E-state index in [1.165, 1.54) is 11.8 Å². The van der Waals surface area contributed by atoms with Gasteiger partial charge in [0, 0.05) is 6.42 Å². The first kappa shape index (κ1) is 29.0. The van der Waals surface area contributed by atoms with E-state index in [0.29, 0.717) is 25.0 Å². The minimum Gasteiger partial charge on any atom is -0.480 e. The second-order valence-electron chi connectivity index (χ2n) is 8.17. The number of carbonyl (C=O) groups is 5. The monoisotopic (exact) mass is 494 g/mol. The molecule has 5 N–H and O–H groups in total. The highest BCUT2D eigenvalue weighted by molar-refractivity contribution is 7.98. The summed E-state index contributed by atoms with van der Waals surface area (Å²) >= 11 is 1.53. The molecule has 3 atom stereocenters. The number of carboxylic acid groups (broad SMARTS) is 1. The lowest BCUT2D eigenvalue weighted by Gasteiger charge is -2.26. The Kier molecular flexibility index (Phi) is 13.4. The second kappa shape index (κ2) is 15.7. The SMILES string of the molecule is CSCC[C@H](NC=O)C(=O)N[C@@H](CC(C)C)C(=O)N[C@@H](Cc1ccccc1)C(=O)NCC(=O)O. The third-order valence-electron chi connectivity index (χ3n) is 4.87. The van der Waals surface area contributed by atoms with Crippen molar-refractivity contribution in [3.63, 3.8) is 0 Å². The Bertz CT molecular complexity index is 821. The zero-order valence-corrected chi connectivity index (χ0v) is 20.5. The van der Waals surface area contributed by atoms with Crippen LogP contribution in [0.25, 0.3) is 0 Å². The summed E-state index contributed by atoms with van der Waals surface area (Å²) in [5.74, 6) is -2.21. The van der Waals surface area contributed by atoms with E-state index in [-0.39, 0.29) is 12.3 Å². The van der Waals surface area contributed by atoms with Crippen molar-refractivity contribution in [2.45, 2.75) is 51.2 Å². The molecule has 0 aliphatic carbocycles. The van der Waals surface area contributed by atoms with Crippen LogP contribution in [0.3, 0.4) is 0 Å². The van der Waals surface area contributed by atoms with Gasteiger partial charge in [-0.2, -0.15) is 11.8 Å². The number of amides is 4. The highest BCUT2D eigenvalue weighted by Crippen LogP contribution is 2.09. The standard InChI is InChI=1S/C23H34N4O6S/c1-15(2)11-18(26-22(32)17(25-14-28)9-10-34-3)23(33)27-19(21(31)24-13-20(29)30)12-16-7-5-4-6-8-16/h4-8,14-15,17-19H,9-13H2,1-3H3,(H,24,31)(H,25,28)(H,26,32)(H,27,33)(H,29,30)/t17-,18-,19-/m0/s1. The zero-order valence-electron chi connectivity index (χ0n) is 19.7. The maximum absolute atomic E-state index is 13.1. The molecule has 1 rings (SSSR count). The third kappa shape index (κ3) is 11.2. The van der Waals surface area contributed by atoms with Gasteiger partial charge in [-0.15, -0.1) is 0 Å². The van der Waals surface area contributed by atoms with E-state index in [1.807, 2.05) is 26.2 Å². The molecule has 0 aromatic heterocycles. The quantitative estimate of drug-likeness (QED) is 0.207. The zero-order chi connectivity index (χ0) is 25.5. The molecule has 0 saturated carbocycles. The van der Waals surface area contributed by atoms with Crippen LogP contribution >= 0.6 is 11.8 Å². The van der Waals surface area contributed by atoms with Crippen LogP contribution in [0, 0.1) is 5.92 Å². The third-order valence-corrected chi connectivity index (χ3v) is 5.51. The van der Waals surface area contributed by atoms with Crippen molar-refractivity contribution in [2.75, 3.05) is 18.6 Å². The summed E-state index contributed by atoms with van der Waals surface area (Å²) < 4.78 is 0. The van der Waals surface area contributed by atoms with E-state index in [9.17, 15) is 24.0 Å². The van der Waals surface area contributed by atoms with Crippen LogP contribution in [0.5, 0.6) is 0 Å². The molecule has 34 heavy (non-hydrogen) atoms. The number of nitrogens with one attached hydrogen (secondary N) is 4. The van der Waals surface area contributed by atoms with Crippen LogP contribution in [0.1, 0.15) is 32.3 Å². The van der Waals surface area contributed by atoms with Gasteiger partial charge in [0.1, 0.15) is 24.7 Å². The number of thioether (sulfide) groups is 1. The van der Waals surface area contributed by atoms with E-state index < -0.39 is 48.4 Å². The maximum Gasteiger partial charge on any atom is 0.322 e. The normalized spacial score (nSPS) is 13.3. The van der Waals surface area contributed by atoms with E-state index >= 15 is 0 Å². The summed E-state index contributed by atoms with van der Waals surface area (Å²) in [6.07, 6.45) is 3.18. The number of hydrogen-bond acceptors (Lipinski definition) is 6. The lowest BCUT2D eigenvalue weighted by atomic mass is 10.0. The Morgan fingerprint density at radius 3 is 2.15 bits per heavy atom. The lowest BCUT2D eigenvalue weighted by molar-refractivity contribution is -0.138. The molecule has 0 spiro atoms. The fraction of sp³-hybridized carbons (Fsp3) is 0.522. The van der Waals surface area contributed by atoms with E-state index in [4.69, 9.17) is 5.11 Å². The van der Waals surface area contributed by atoms with Crippen LogP contribution < -0.4 is 21.3 Å². The first-order chi connectivity index (χ1) is 16.2. The fourth-order valence-corrected chi connectivity index (χ4v) is 3.67. The van der Waals surface area contributed by atoms with Crippen molar-refractivity contribution in [3.8, 4) is 0 Å². The smallest absolute Gasteiger partial charge is 0.322 e. The summed E-state index contributed by atoms with van der Waals surface area (Å²) in [6.45, 7) is 3.20. The van der Waals surface area contributed by atoms with Gasteiger partial charge in [0.05, 0.1) is 0 Å². The van der Waals surface area contributed by atoms with E-state index in [0.717, 1.165) is 5.56 Å². The maximum atomic E-state index is 13.1. The molecule has 4 amide bonds. The predicted octanol–water partition coefficient (Wildman–Crippen LogP) is 0.313. The molecule has 1 aromatic carbocycles. The molecule has 0 fully saturated rings. The largest absolute Gasteiger partial charge is 0.480 e. The van der Waals surface area contributed by atoms with Crippen molar-refractivity contribution in [1.29, 1.82) is 0 Å². The van der Waals surface area contributed by atoms with Gasteiger partial charge < -0.3 is 26.4 Å². The number of carboxylic acids is 1. The second-order valence-corrected chi connectivity index (χ2v) is 9.16. The van der Waals surface area contributed by atoms with Crippen molar-refractivity contribution in [2.24, 2.45) is 5.92 Å². The molecular weight excluding hydrogens is 460 g/mol. The first-order valence-electron chi connectivity index (χ1n) is 11.0. The van der Waals surface area contributed by atoms with E-state index in [2.05, 4.69) is 21.3 Å². The summed E-state index contributed by atoms with van der Waals surface area (Å²) in [7, 11) is 0. The Morgan fingerprint density at radius 1 is 0.971 bits per heavy atom. The van der Waals surface area contributed by atoms with Gasteiger partial charge in [-0.05, 0) is 36.3 Å². The molecular formula is C23H34N4O6S. The predicted molar refractivity (Wildman–Crippen MR) is 130 cm³/mol. The highest BCUT2D eigenvalue weighted by Gasteiger charge is 2.29. The fourth-order valence-electron chi connectivity index (χ4n) is 3.20. The number of hydrogen-bond donors (Lipinski definition) is 5. The lowest BCUT2D eigenvalue weighted by Crippen LogP contribution is -2.57. The molecule has 0 bridgehead atoms. The minimum atomic E-state index is -1.21. The molecule has 0 aliphatic heterocycles. The molecule has 11 heteroatoms. The highest BCUT2D eigenvalue weighted by atomic mass is 32.2. The van der Waals surface area contributed by atoms with Crippen molar-refractivity contribution < 1.29 is 29.1 Å². The van der Waals surface area contributed by atoms with Gasteiger partial charge in [-0.1, -0.05) is 44.2 Å². The van der Waals surface area contributed by atoms with Crippen molar-refractivity contribution in [1.82, 2.24) is 21.3 Å². The van der Waals surface area contributed by atoms with Crippen LogP contribution in [0.15, 0.2) is 30.3 Å². The summed E-state index contributed by atoms with van der Waals surface area (Å²) in [6, 6.07) is 6.21. The summed E-state index contributed by atoms with van der Waals surface area (Å²) in [5, 5.41) is 19.0. The Morgan fingerprint density at radius 2 is 1.59 bits per heavy atom. The molecule has 10 nitrogen and oxygen atoms in total. The molecule has 1 aromatic rings. The first-order valence-corrected chi connectivity index (χ1v) is 12.4. The summed E-state index contributed by atoms with van der Waals surface area (Å²) in [4.78, 5) is 60.3. The van der Waals surface area contributed by atoms with E-state index in [1.54, 1.807) is 24.3 Å². The van der Waals surface area contributed by atoms with Crippen molar-refractivity contribution >= 4 is 41.9 Å². The van der Waals surface area contributed by atoms with Crippen LogP contribution in [-0.2, 0) is 30.4 Å². The van der Waals surface area contributed by atoms with Gasteiger partial charge >= 0.3 is 5.97 Å². The number of carbonyl (C=O) groups excluding carboxylic acids is 4. The van der Waals surface area contributed by atoms with Gasteiger partial charge in [0.25, 0.3) is 0 Å². The van der Waals surface area contributed by atoms with Crippen LogP contribution in [0.4, 0.5) is 0 Å². The average molecular weight is 495 g/mol. The molecule has 0 radical (unpaired) electrons. The van der Waals surface area contributed by atoms with Gasteiger partial charge in [-0.25, -0.2) is 0 Å². The van der Waals surface area contributed by atoms with Crippen LogP contribution in [-0.4, -0.2) is 71.9 Å². The molecule has 0 heterocycles. The number of rotatable bonds is 16. The average Bonchev–Trinajstić information content (AvgIpc) is 2.79.